The van der Waals surface area contributed by atoms with Gasteiger partial charge in [-0.2, -0.15) is 0 Å². The predicted octanol–water partition coefficient (Wildman–Crippen LogP) is 2.79. The van der Waals surface area contributed by atoms with Crippen LogP contribution < -0.4 is 15.4 Å². The standard InChI is InChI=1S/C17H27N3O2/c1-3-18-17(20-14-9-5-4-6-10-14)19-12-13-8-7-11-15(22-2)16(13)21/h7-8,11,14,21H,3-6,9-10,12H2,1-2H3,(H2,18,19,20). The Hall–Kier alpha value is -1.91. The van der Waals surface area contributed by atoms with Crippen LogP contribution in [0.5, 0.6) is 11.5 Å². The number of phenolic OH excluding ortho intramolecular Hbond substituents is 1. The van der Waals surface area contributed by atoms with Crippen molar-refractivity contribution < 1.29 is 9.84 Å². The number of hydrogen-bond acceptors (Lipinski definition) is 3. The second kappa shape index (κ2) is 8.51. The smallest absolute Gasteiger partial charge is 0.191 e. The lowest BCUT2D eigenvalue weighted by atomic mass is 9.96. The van der Waals surface area contributed by atoms with E-state index >= 15 is 0 Å². The van der Waals surface area contributed by atoms with Crippen LogP contribution in [0.25, 0.3) is 0 Å². The number of nitrogens with one attached hydrogen (secondary N) is 2. The number of para-hydroxylation sites is 1. The fourth-order valence-electron chi connectivity index (χ4n) is 2.78. The van der Waals surface area contributed by atoms with Gasteiger partial charge >= 0.3 is 0 Å². The van der Waals surface area contributed by atoms with E-state index < -0.39 is 0 Å². The van der Waals surface area contributed by atoms with E-state index in [1.165, 1.54) is 32.1 Å². The lowest BCUT2D eigenvalue weighted by Gasteiger charge is -2.24. The molecule has 0 atom stereocenters. The van der Waals surface area contributed by atoms with Crippen molar-refractivity contribution in [2.45, 2.75) is 51.6 Å². The van der Waals surface area contributed by atoms with Crippen LogP contribution in [-0.2, 0) is 6.54 Å². The van der Waals surface area contributed by atoms with Gasteiger partial charge in [-0.05, 0) is 25.8 Å². The minimum Gasteiger partial charge on any atom is -0.504 e. The van der Waals surface area contributed by atoms with E-state index in [9.17, 15) is 5.11 Å². The van der Waals surface area contributed by atoms with E-state index in [4.69, 9.17) is 4.74 Å². The lowest BCUT2D eigenvalue weighted by molar-refractivity contribution is 0.370. The van der Waals surface area contributed by atoms with Gasteiger partial charge in [-0.15, -0.1) is 0 Å². The zero-order chi connectivity index (χ0) is 15.8. The van der Waals surface area contributed by atoms with Crippen molar-refractivity contribution >= 4 is 5.96 Å². The Bertz CT molecular complexity index is 497. The van der Waals surface area contributed by atoms with Crippen LogP contribution >= 0.6 is 0 Å². The SMILES string of the molecule is CCNC(=NCc1cccc(OC)c1O)NC1CCCCC1. The molecule has 0 radical (unpaired) electrons. The average Bonchev–Trinajstić information content (AvgIpc) is 2.55. The molecule has 0 amide bonds. The summed E-state index contributed by atoms with van der Waals surface area (Å²) in [5.41, 5.74) is 0.764. The van der Waals surface area contributed by atoms with Gasteiger partial charge in [0.05, 0.1) is 13.7 Å². The summed E-state index contributed by atoms with van der Waals surface area (Å²) >= 11 is 0. The molecule has 0 bridgehead atoms. The molecule has 2 rings (SSSR count). The minimum atomic E-state index is 0.169. The highest BCUT2D eigenvalue weighted by Crippen LogP contribution is 2.29. The van der Waals surface area contributed by atoms with Crippen molar-refractivity contribution in [3.63, 3.8) is 0 Å². The van der Waals surface area contributed by atoms with Crippen LogP contribution in [0, 0.1) is 0 Å². The van der Waals surface area contributed by atoms with Gasteiger partial charge in [0.2, 0.25) is 0 Å². The summed E-state index contributed by atoms with van der Waals surface area (Å²) < 4.78 is 5.13. The van der Waals surface area contributed by atoms with E-state index in [1.54, 1.807) is 13.2 Å². The highest BCUT2D eigenvalue weighted by Gasteiger charge is 2.14. The summed E-state index contributed by atoms with van der Waals surface area (Å²) in [4.78, 5) is 4.59. The topological polar surface area (TPSA) is 65.9 Å². The molecule has 3 N–H and O–H groups in total. The number of phenols is 1. The molecule has 0 spiro atoms. The van der Waals surface area contributed by atoms with Gasteiger partial charge in [0.15, 0.2) is 17.5 Å². The Morgan fingerprint density at radius 2 is 2.09 bits per heavy atom. The first-order valence-corrected chi connectivity index (χ1v) is 8.14. The fraction of sp³-hybridized carbons (Fsp3) is 0.588. The van der Waals surface area contributed by atoms with E-state index in [1.807, 2.05) is 12.1 Å². The summed E-state index contributed by atoms with van der Waals surface area (Å²) in [5, 5.41) is 16.9. The summed E-state index contributed by atoms with van der Waals surface area (Å²) in [6.07, 6.45) is 6.31. The van der Waals surface area contributed by atoms with Gasteiger partial charge in [-0.1, -0.05) is 31.4 Å². The molecule has 1 aromatic carbocycles. The van der Waals surface area contributed by atoms with Crippen molar-refractivity contribution in [1.29, 1.82) is 0 Å². The van der Waals surface area contributed by atoms with Crippen LogP contribution in [0.2, 0.25) is 0 Å². The normalized spacial score (nSPS) is 16.4. The van der Waals surface area contributed by atoms with E-state index in [0.29, 0.717) is 18.3 Å². The zero-order valence-corrected chi connectivity index (χ0v) is 13.6. The Kier molecular flexibility index (Phi) is 6.37. The van der Waals surface area contributed by atoms with Gasteiger partial charge < -0.3 is 20.5 Å². The first-order valence-electron chi connectivity index (χ1n) is 8.14. The molecule has 1 fully saturated rings. The maximum atomic E-state index is 10.1. The van der Waals surface area contributed by atoms with Crippen molar-refractivity contribution in [2.75, 3.05) is 13.7 Å². The average molecular weight is 305 g/mol. The molecule has 1 aromatic rings. The number of hydrogen-bond donors (Lipinski definition) is 3. The monoisotopic (exact) mass is 305 g/mol. The number of nitrogens with zero attached hydrogens (tertiary/aromatic N) is 1. The number of aliphatic imine (C=N–C) groups is 1. The fourth-order valence-corrected chi connectivity index (χ4v) is 2.78. The molecular formula is C17H27N3O2. The Morgan fingerprint density at radius 3 is 2.77 bits per heavy atom. The summed E-state index contributed by atoms with van der Waals surface area (Å²) in [6, 6.07) is 5.98. The highest BCUT2D eigenvalue weighted by molar-refractivity contribution is 5.80. The molecule has 1 aliphatic rings. The second-order valence-corrected chi connectivity index (χ2v) is 5.64. The van der Waals surface area contributed by atoms with Gasteiger partial charge in [0, 0.05) is 18.2 Å². The molecule has 0 aromatic heterocycles. The molecule has 122 valence electrons. The molecule has 0 saturated heterocycles. The molecule has 5 nitrogen and oxygen atoms in total. The van der Waals surface area contributed by atoms with Crippen molar-refractivity contribution in [1.82, 2.24) is 10.6 Å². The Balaban J connectivity index is 2.03. The third kappa shape index (κ3) is 4.55. The lowest BCUT2D eigenvalue weighted by Crippen LogP contribution is -2.44. The number of ether oxygens (including phenoxy) is 1. The number of methoxy groups -OCH3 is 1. The largest absolute Gasteiger partial charge is 0.504 e. The van der Waals surface area contributed by atoms with E-state index in [2.05, 4.69) is 22.5 Å². The predicted molar refractivity (Wildman–Crippen MR) is 89.5 cm³/mol. The first-order chi connectivity index (χ1) is 10.7. The molecule has 1 aliphatic carbocycles. The summed E-state index contributed by atoms with van der Waals surface area (Å²) in [6.45, 7) is 3.30. The molecular weight excluding hydrogens is 278 g/mol. The number of rotatable bonds is 5. The van der Waals surface area contributed by atoms with Crippen LogP contribution in [0.3, 0.4) is 0 Å². The number of benzene rings is 1. The van der Waals surface area contributed by atoms with Gasteiger partial charge in [-0.25, -0.2) is 4.99 Å². The van der Waals surface area contributed by atoms with Crippen LogP contribution in [0.1, 0.15) is 44.6 Å². The molecule has 0 unspecified atom stereocenters. The Labute approximate surface area is 132 Å². The van der Waals surface area contributed by atoms with Gasteiger partial charge in [0.25, 0.3) is 0 Å². The third-order valence-electron chi connectivity index (χ3n) is 4.00. The van der Waals surface area contributed by atoms with E-state index in [-0.39, 0.29) is 5.75 Å². The molecule has 5 heteroatoms. The van der Waals surface area contributed by atoms with Crippen LogP contribution in [0.4, 0.5) is 0 Å². The quantitative estimate of drug-likeness (QED) is 0.578. The zero-order valence-electron chi connectivity index (χ0n) is 13.6. The minimum absolute atomic E-state index is 0.169. The maximum Gasteiger partial charge on any atom is 0.191 e. The number of guanidine groups is 1. The van der Waals surface area contributed by atoms with Crippen molar-refractivity contribution in [2.24, 2.45) is 4.99 Å². The summed E-state index contributed by atoms with van der Waals surface area (Å²) in [7, 11) is 1.55. The van der Waals surface area contributed by atoms with Crippen molar-refractivity contribution in [3.05, 3.63) is 23.8 Å². The summed E-state index contributed by atoms with van der Waals surface area (Å²) in [5.74, 6) is 1.47. The van der Waals surface area contributed by atoms with Gasteiger partial charge in [-0.3, -0.25) is 0 Å². The van der Waals surface area contributed by atoms with Crippen molar-refractivity contribution in [3.8, 4) is 11.5 Å². The molecule has 0 heterocycles. The second-order valence-electron chi connectivity index (χ2n) is 5.64. The number of aromatic hydroxyl groups is 1. The molecule has 22 heavy (non-hydrogen) atoms. The van der Waals surface area contributed by atoms with E-state index in [0.717, 1.165) is 18.1 Å². The molecule has 0 aliphatic heterocycles. The maximum absolute atomic E-state index is 10.1. The highest BCUT2D eigenvalue weighted by atomic mass is 16.5. The first kappa shape index (κ1) is 16.5. The molecule has 1 saturated carbocycles. The third-order valence-corrected chi connectivity index (χ3v) is 4.00. The Morgan fingerprint density at radius 1 is 1.32 bits per heavy atom. The van der Waals surface area contributed by atoms with Crippen LogP contribution in [-0.4, -0.2) is 30.8 Å². The van der Waals surface area contributed by atoms with Gasteiger partial charge in [0.1, 0.15) is 0 Å². The van der Waals surface area contributed by atoms with Crippen LogP contribution in [0.15, 0.2) is 23.2 Å².